The zero-order chi connectivity index (χ0) is 12.2. The summed E-state index contributed by atoms with van der Waals surface area (Å²) in [4.78, 5) is 8.62. The molecular weight excluding hydrogens is 198 g/mol. The van der Waals surface area contributed by atoms with Gasteiger partial charge in [-0.15, -0.1) is 0 Å². The summed E-state index contributed by atoms with van der Waals surface area (Å²) in [5.41, 5.74) is 2.44. The van der Waals surface area contributed by atoms with E-state index in [0.717, 1.165) is 24.4 Å². The van der Waals surface area contributed by atoms with Gasteiger partial charge in [0.25, 0.3) is 0 Å². The molecule has 90 valence electrons. The maximum Gasteiger partial charge on any atom is 0.0782 e. The van der Waals surface area contributed by atoms with Crippen LogP contribution in [0.4, 0.5) is 0 Å². The van der Waals surface area contributed by atoms with Crippen molar-refractivity contribution in [2.45, 2.75) is 47.1 Å². The number of nitrogens with zero attached hydrogens (tertiary/aromatic N) is 2. The van der Waals surface area contributed by atoms with Gasteiger partial charge in [-0.3, -0.25) is 9.97 Å². The van der Waals surface area contributed by atoms with Crippen molar-refractivity contribution in [3.63, 3.8) is 0 Å². The predicted octanol–water partition coefficient (Wildman–Crippen LogP) is 2.87. The molecule has 0 fully saturated rings. The van der Waals surface area contributed by atoms with Crippen LogP contribution in [0.2, 0.25) is 0 Å². The van der Waals surface area contributed by atoms with E-state index in [4.69, 9.17) is 0 Å². The summed E-state index contributed by atoms with van der Waals surface area (Å²) in [7, 11) is 0. The second-order valence-corrected chi connectivity index (χ2v) is 5.51. The molecule has 1 heterocycles. The van der Waals surface area contributed by atoms with Gasteiger partial charge in [0, 0.05) is 18.4 Å². The molecule has 3 heteroatoms. The Bertz CT molecular complexity index is 328. The van der Waals surface area contributed by atoms with Crippen molar-refractivity contribution in [2.24, 2.45) is 5.41 Å². The highest BCUT2D eigenvalue weighted by Crippen LogP contribution is 2.18. The van der Waals surface area contributed by atoms with Crippen molar-refractivity contribution in [3.05, 3.63) is 23.8 Å². The molecule has 0 saturated carbocycles. The molecule has 0 aliphatic carbocycles. The lowest BCUT2D eigenvalue weighted by Crippen LogP contribution is -2.25. The van der Waals surface area contributed by atoms with E-state index in [1.165, 1.54) is 0 Å². The van der Waals surface area contributed by atoms with Gasteiger partial charge in [-0.2, -0.15) is 0 Å². The Hall–Kier alpha value is -0.960. The molecule has 1 aromatic rings. The summed E-state index contributed by atoms with van der Waals surface area (Å²) in [6.07, 6.45) is 4.65. The van der Waals surface area contributed by atoms with Crippen LogP contribution in [0.15, 0.2) is 12.4 Å². The minimum atomic E-state index is 0.274. The lowest BCUT2D eigenvalue weighted by atomic mass is 9.92. The number of aryl methyl sites for hydroxylation is 1. The van der Waals surface area contributed by atoms with Crippen molar-refractivity contribution in [1.29, 1.82) is 0 Å². The molecule has 1 N–H and O–H groups in total. The summed E-state index contributed by atoms with van der Waals surface area (Å²) < 4.78 is 0. The van der Waals surface area contributed by atoms with E-state index in [2.05, 4.69) is 43.0 Å². The van der Waals surface area contributed by atoms with E-state index in [9.17, 15) is 0 Å². The highest BCUT2D eigenvalue weighted by Gasteiger charge is 2.13. The average Bonchev–Trinajstić information content (AvgIpc) is 2.16. The molecule has 0 saturated heterocycles. The molecule has 1 unspecified atom stereocenters. The quantitative estimate of drug-likeness (QED) is 0.849. The summed E-state index contributed by atoms with van der Waals surface area (Å²) in [6.45, 7) is 11.9. The van der Waals surface area contributed by atoms with Gasteiger partial charge < -0.3 is 5.32 Å². The minimum absolute atomic E-state index is 0.274. The average molecular weight is 221 g/mol. The van der Waals surface area contributed by atoms with Crippen molar-refractivity contribution in [2.75, 3.05) is 6.54 Å². The van der Waals surface area contributed by atoms with Crippen LogP contribution in [0, 0.1) is 12.3 Å². The second kappa shape index (κ2) is 5.39. The van der Waals surface area contributed by atoms with E-state index in [0.29, 0.717) is 5.41 Å². The van der Waals surface area contributed by atoms with Crippen LogP contribution in [0.5, 0.6) is 0 Å². The van der Waals surface area contributed by atoms with Gasteiger partial charge in [0.05, 0.1) is 11.4 Å². The minimum Gasteiger partial charge on any atom is -0.309 e. The van der Waals surface area contributed by atoms with Crippen molar-refractivity contribution in [3.8, 4) is 0 Å². The fourth-order valence-electron chi connectivity index (χ4n) is 1.60. The van der Waals surface area contributed by atoms with Gasteiger partial charge in [0.15, 0.2) is 0 Å². The molecule has 3 nitrogen and oxygen atoms in total. The van der Waals surface area contributed by atoms with Gasteiger partial charge in [0.1, 0.15) is 0 Å². The monoisotopic (exact) mass is 221 g/mol. The molecular formula is C13H23N3. The molecule has 0 radical (unpaired) electrons. The molecule has 1 atom stereocenters. The number of hydrogen-bond acceptors (Lipinski definition) is 3. The maximum absolute atomic E-state index is 4.37. The molecule has 0 bridgehead atoms. The Morgan fingerprint density at radius 1 is 1.25 bits per heavy atom. The summed E-state index contributed by atoms with van der Waals surface area (Å²) in [5, 5.41) is 3.49. The number of rotatable bonds is 4. The molecule has 1 aromatic heterocycles. The first-order valence-corrected chi connectivity index (χ1v) is 5.91. The first-order valence-electron chi connectivity index (χ1n) is 5.91. The van der Waals surface area contributed by atoms with E-state index < -0.39 is 0 Å². The fraction of sp³-hybridized carbons (Fsp3) is 0.692. The van der Waals surface area contributed by atoms with Crippen LogP contribution in [-0.4, -0.2) is 16.5 Å². The molecule has 0 amide bonds. The molecule has 0 aliphatic heterocycles. The highest BCUT2D eigenvalue weighted by atomic mass is 14.9. The molecule has 0 aliphatic rings. The topological polar surface area (TPSA) is 37.8 Å². The van der Waals surface area contributed by atoms with Crippen LogP contribution in [-0.2, 0) is 0 Å². The smallest absolute Gasteiger partial charge is 0.0782 e. The van der Waals surface area contributed by atoms with Crippen molar-refractivity contribution >= 4 is 0 Å². The molecule has 0 spiro atoms. The van der Waals surface area contributed by atoms with Crippen molar-refractivity contribution in [1.82, 2.24) is 15.3 Å². The lowest BCUT2D eigenvalue weighted by Gasteiger charge is -2.20. The number of aromatic nitrogens is 2. The van der Waals surface area contributed by atoms with Gasteiger partial charge in [-0.05, 0) is 32.2 Å². The predicted molar refractivity (Wildman–Crippen MR) is 67.3 cm³/mol. The Morgan fingerprint density at radius 3 is 2.44 bits per heavy atom. The first-order chi connectivity index (χ1) is 7.40. The number of nitrogens with one attached hydrogen (secondary N) is 1. The Kier molecular flexibility index (Phi) is 4.42. The van der Waals surface area contributed by atoms with E-state index in [1.54, 1.807) is 12.4 Å². The van der Waals surface area contributed by atoms with Crippen LogP contribution in [0.3, 0.4) is 0 Å². The third-order valence-electron chi connectivity index (χ3n) is 2.65. The summed E-state index contributed by atoms with van der Waals surface area (Å²) >= 11 is 0. The SMILES string of the molecule is Cc1nccnc1C(C)NCCC(C)(C)C. The Morgan fingerprint density at radius 2 is 1.88 bits per heavy atom. The van der Waals surface area contributed by atoms with Gasteiger partial charge >= 0.3 is 0 Å². The standard InChI is InChI=1S/C13H23N3/c1-10(14-7-6-13(3,4)5)12-11(2)15-8-9-16-12/h8-10,14H,6-7H2,1-5H3. The van der Waals surface area contributed by atoms with Gasteiger partial charge in [0.2, 0.25) is 0 Å². The third kappa shape index (κ3) is 4.27. The largest absolute Gasteiger partial charge is 0.309 e. The third-order valence-corrected chi connectivity index (χ3v) is 2.65. The van der Waals surface area contributed by atoms with E-state index in [-0.39, 0.29) is 6.04 Å². The van der Waals surface area contributed by atoms with Crippen LogP contribution in [0.25, 0.3) is 0 Å². The molecule has 1 rings (SSSR count). The number of hydrogen-bond donors (Lipinski definition) is 1. The lowest BCUT2D eigenvalue weighted by molar-refractivity contribution is 0.356. The Labute approximate surface area is 98.7 Å². The van der Waals surface area contributed by atoms with Crippen molar-refractivity contribution < 1.29 is 0 Å². The normalized spacial score (nSPS) is 13.8. The van der Waals surface area contributed by atoms with Gasteiger partial charge in [-0.25, -0.2) is 0 Å². The van der Waals surface area contributed by atoms with Crippen LogP contribution < -0.4 is 5.32 Å². The first kappa shape index (κ1) is 13.1. The maximum atomic E-state index is 4.37. The van der Waals surface area contributed by atoms with Crippen LogP contribution >= 0.6 is 0 Å². The fourth-order valence-corrected chi connectivity index (χ4v) is 1.60. The van der Waals surface area contributed by atoms with Gasteiger partial charge in [-0.1, -0.05) is 20.8 Å². The van der Waals surface area contributed by atoms with Crippen LogP contribution in [0.1, 0.15) is 51.5 Å². The Balaban J connectivity index is 2.47. The summed E-state index contributed by atoms with van der Waals surface area (Å²) in [5.74, 6) is 0. The zero-order valence-corrected chi connectivity index (χ0v) is 11.0. The van der Waals surface area contributed by atoms with E-state index >= 15 is 0 Å². The second-order valence-electron chi connectivity index (χ2n) is 5.51. The summed E-state index contributed by atoms with van der Waals surface area (Å²) in [6, 6.07) is 0.274. The zero-order valence-electron chi connectivity index (χ0n) is 11.0. The van der Waals surface area contributed by atoms with E-state index in [1.807, 2.05) is 6.92 Å². The highest BCUT2D eigenvalue weighted by molar-refractivity contribution is 5.12. The molecule has 16 heavy (non-hydrogen) atoms. The molecule has 0 aromatic carbocycles.